The average molecular weight is 496 g/mol. The number of carbonyl (C=O) groups is 1. The number of nitrogens with one attached hydrogen (secondary N) is 1. The second kappa shape index (κ2) is 9.50. The molecule has 0 unspecified atom stereocenters. The van der Waals surface area contributed by atoms with Crippen molar-refractivity contribution >= 4 is 39.2 Å². The van der Waals surface area contributed by atoms with Gasteiger partial charge in [0.1, 0.15) is 4.83 Å². The molecule has 2 heterocycles. The fourth-order valence-electron chi connectivity index (χ4n) is 3.83. The molecule has 0 saturated heterocycles. The van der Waals surface area contributed by atoms with Gasteiger partial charge in [-0.1, -0.05) is 31.7 Å². The number of hydrogen-bond acceptors (Lipinski definition) is 5. The van der Waals surface area contributed by atoms with Crippen LogP contribution >= 0.6 is 23.1 Å². The van der Waals surface area contributed by atoms with Crippen molar-refractivity contribution in [1.82, 2.24) is 14.9 Å². The smallest absolute Gasteiger partial charge is 0.355 e. The summed E-state index contributed by atoms with van der Waals surface area (Å²) in [5.41, 5.74) is -0.176. The standard InChI is InChI=1S/C23H24F3N3O2S2/c1-13(2)11-27-18(30)12-32-22-28-20-19(16-8-3-4-9-17(16)33-20)21(31)29(22)15-7-5-6-14(10-15)23(24,25)26/h5-7,10,13H,3-4,8-9,11-12H2,1-2H3,(H,27,30). The Morgan fingerprint density at radius 1 is 1.27 bits per heavy atom. The lowest BCUT2D eigenvalue weighted by atomic mass is 9.97. The first-order valence-electron chi connectivity index (χ1n) is 10.8. The second-order valence-corrected chi connectivity index (χ2v) is 10.5. The van der Waals surface area contributed by atoms with E-state index in [9.17, 15) is 22.8 Å². The Kier molecular flexibility index (Phi) is 6.86. The van der Waals surface area contributed by atoms with E-state index in [1.807, 2.05) is 13.8 Å². The quantitative estimate of drug-likeness (QED) is 0.377. The molecule has 5 nitrogen and oxygen atoms in total. The van der Waals surface area contributed by atoms with Gasteiger partial charge in [-0.05, 0) is 55.4 Å². The highest BCUT2D eigenvalue weighted by Crippen LogP contribution is 2.36. The topological polar surface area (TPSA) is 64.0 Å². The summed E-state index contributed by atoms with van der Waals surface area (Å²) in [6, 6.07) is 4.67. The third-order valence-electron chi connectivity index (χ3n) is 5.43. The number of fused-ring (bicyclic) bond motifs is 3. The lowest BCUT2D eigenvalue weighted by Gasteiger charge is -2.15. The van der Waals surface area contributed by atoms with E-state index < -0.39 is 11.7 Å². The summed E-state index contributed by atoms with van der Waals surface area (Å²) in [4.78, 5) is 32.3. The number of thiophene rings is 1. The van der Waals surface area contributed by atoms with Gasteiger partial charge in [-0.2, -0.15) is 13.2 Å². The maximum absolute atomic E-state index is 13.6. The summed E-state index contributed by atoms with van der Waals surface area (Å²) in [6.07, 6.45) is -0.894. The van der Waals surface area contributed by atoms with Crippen LogP contribution in [0, 0.1) is 5.92 Å². The zero-order valence-electron chi connectivity index (χ0n) is 18.3. The van der Waals surface area contributed by atoms with Crippen molar-refractivity contribution in [2.75, 3.05) is 12.3 Å². The molecule has 33 heavy (non-hydrogen) atoms. The Labute approximate surface area is 197 Å². The van der Waals surface area contributed by atoms with Gasteiger partial charge in [0.05, 0.1) is 22.4 Å². The summed E-state index contributed by atoms with van der Waals surface area (Å²) >= 11 is 2.52. The molecular weight excluding hydrogens is 471 g/mol. The van der Waals surface area contributed by atoms with Crippen LogP contribution in [0.2, 0.25) is 0 Å². The van der Waals surface area contributed by atoms with Gasteiger partial charge in [0.2, 0.25) is 5.91 Å². The number of halogens is 3. The maximum atomic E-state index is 13.6. The molecule has 0 spiro atoms. The van der Waals surface area contributed by atoms with Crippen LogP contribution in [0.15, 0.2) is 34.2 Å². The van der Waals surface area contributed by atoms with Gasteiger partial charge in [-0.3, -0.25) is 14.2 Å². The van der Waals surface area contributed by atoms with Crippen molar-refractivity contribution < 1.29 is 18.0 Å². The van der Waals surface area contributed by atoms with Crippen molar-refractivity contribution in [2.24, 2.45) is 5.92 Å². The largest absolute Gasteiger partial charge is 0.416 e. The van der Waals surface area contributed by atoms with Crippen molar-refractivity contribution in [3.63, 3.8) is 0 Å². The molecule has 2 aromatic heterocycles. The molecule has 0 atom stereocenters. The Balaban J connectivity index is 1.82. The molecule has 1 N–H and O–H groups in total. The molecule has 0 aliphatic heterocycles. The number of aromatic nitrogens is 2. The molecule has 3 aromatic rings. The summed E-state index contributed by atoms with van der Waals surface area (Å²) in [7, 11) is 0. The van der Waals surface area contributed by atoms with Gasteiger partial charge in [-0.15, -0.1) is 11.3 Å². The fraction of sp³-hybridized carbons (Fsp3) is 0.435. The number of aryl methyl sites for hydroxylation is 2. The van der Waals surface area contributed by atoms with Crippen LogP contribution in [0.1, 0.15) is 42.7 Å². The molecule has 1 aromatic carbocycles. The van der Waals surface area contributed by atoms with Crippen molar-refractivity contribution in [1.29, 1.82) is 0 Å². The summed E-state index contributed by atoms with van der Waals surface area (Å²) in [5, 5.41) is 3.51. The van der Waals surface area contributed by atoms with Gasteiger partial charge < -0.3 is 5.32 Å². The van der Waals surface area contributed by atoms with E-state index in [1.54, 1.807) is 0 Å². The number of hydrogen-bond donors (Lipinski definition) is 1. The molecule has 0 bridgehead atoms. The van der Waals surface area contributed by atoms with Crippen molar-refractivity contribution in [3.8, 4) is 5.69 Å². The van der Waals surface area contributed by atoms with Crippen LogP contribution in [0.3, 0.4) is 0 Å². The van der Waals surface area contributed by atoms with E-state index in [4.69, 9.17) is 0 Å². The van der Waals surface area contributed by atoms with Crippen LogP contribution in [0.25, 0.3) is 15.9 Å². The van der Waals surface area contributed by atoms with Gasteiger partial charge in [0, 0.05) is 11.4 Å². The zero-order valence-corrected chi connectivity index (χ0v) is 19.9. The van der Waals surface area contributed by atoms with Crippen LogP contribution in [-0.4, -0.2) is 27.8 Å². The minimum atomic E-state index is -4.54. The minimum Gasteiger partial charge on any atom is -0.355 e. The molecule has 0 saturated carbocycles. The second-order valence-electron chi connectivity index (χ2n) is 8.46. The first-order valence-corrected chi connectivity index (χ1v) is 12.6. The molecule has 1 aliphatic rings. The van der Waals surface area contributed by atoms with Crippen LogP contribution in [-0.2, 0) is 23.8 Å². The normalized spacial score (nSPS) is 14.0. The fourth-order valence-corrected chi connectivity index (χ4v) is 5.98. The molecule has 4 rings (SSSR count). The number of amides is 1. The highest BCUT2D eigenvalue weighted by Gasteiger charge is 2.31. The van der Waals surface area contributed by atoms with Crippen molar-refractivity contribution in [3.05, 3.63) is 50.6 Å². The summed E-state index contributed by atoms with van der Waals surface area (Å²) in [6.45, 7) is 4.48. The highest BCUT2D eigenvalue weighted by atomic mass is 32.2. The lowest BCUT2D eigenvalue weighted by molar-refractivity contribution is -0.137. The molecule has 0 fully saturated rings. The predicted octanol–water partition coefficient (Wildman–Crippen LogP) is 5.21. The molecule has 1 aliphatic carbocycles. The Bertz CT molecular complexity index is 1250. The summed E-state index contributed by atoms with van der Waals surface area (Å²) < 4.78 is 41.3. The van der Waals surface area contributed by atoms with Gasteiger partial charge in [0.15, 0.2) is 5.16 Å². The van der Waals surface area contributed by atoms with E-state index >= 15 is 0 Å². The van der Waals surface area contributed by atoms with E-state index in [1.165, 1.54) is 28.0 Å². The molecule has 176 valence electrons. The number of nitrogens with zero attached hydrogens (tertiary/aromatic N) is 2. The highest BCUT2D eigenvalue weighted by molar-refractivity contribution is 7.99. The third kappa shape index (κ3) is 5.11. The van der Waals surface area contributed by atoms with E-state index in [-0.39, 0.29) is 34.0 Å². The zero-order chi connectivity index (χ0) is 23.8. The Morgan fingerprint density at radius 3 is 2.76 bits per heavy atom. The Hall–Kier alpha value is -2.33. The van der Waals surface area contributed by atoms with Crippen LogP contribution in [0.5, 0.6) is 0 Å². The van der Waals surface area contributed by atoms with Crippen LogP contribution < -0.4 is 10.9 Å². The van der Waals surface area contributed by atoms with Crippen molar-refractivity contribution in [2.45, 2.75) is 50.9 Å². The molecule has 0 radical (unpaired) electrons. The number of carbonyl (C=O) groups excluding carboxylic acids is 1. The van der Waals surface area contributed by atoms with E-state index in [0.717, 1.165) is 60.0 Å². The first-order chi connectivity index (χ1) is 15.6. The summed E-state index contributed by atoms with van der Waals surface area (Å²) in [5.74, 6) is 0.0765. The minimum absolute atomic E-state index is 0.00865. The SMILES string of the molecule is CC(C)CNC(=O)CSc1nc2sc3c(c2c(=O)n1-c1cccc(C(F)(F)F)c1)CCCC3. The van der Waals surface area contributed by atoms with E-state index in [2.05, 4.69) is 10.3 Å². The third-order valence-corrected chi connectivity index (χ3v) is 7.55. The van der Waals surface area contributed by atoms with Gasteiger partial charge in [-0.25, -0.2) is 4.98 Å². The first kappa shape index (κ1) is 23.8. The molecule has 10 heteroatoms. The monoisotopic (exact) mass is 495 g/mol. The molecule has 1 amide bonds. The lowest BCUT2D eigenvalue weighted by Crippen LogP contribution is -2.29. The predicted molar refractivity (Wildman–Crippen MR) is 125 cm³/mol. The number of rotatable bonds is 6. The van der Waals surface area contributed by atoms with Gasteiger partial charge >= 0.3 is 6.18 Å². The van der Waals surface area contributed by atoms with E-state index in [0.29, 0.717) is 16.8 Å². The number of thioether (sulfide) groups is 1. The Morgan fingerprint density at radius 2 is 2.03 bits per heavy atom. The maximum Gasteiger partial charge on any atom is 0.416 e. The van der Waals surface area contributed by atoms with Crippen LogP contribution in [0.4, 0.5) is 13.2 Å². The molecular formula is C23H24F3N3O2S2. The number of benzene rings is 1. The van der Waals surface area contributed by atoms with Gasteiger partial charge in [0.25, 0.3) is 5.56 Å². The average Bonchev–Trinajstić information content (AvgIpc) is 3.14. The number of alkyl halides is 3.